The number of nitrogens with one attached hydrogen (secondary N) is 1. The van der Waals surface area contributed by atoms with E-state index in [-0.39, 0.29) is 25.5 Å². The zero-order valence-corrected chi connectivity index (χ0v) is 11.8. The highest BCUT2D eigenvalue weighted by atomic mass is 16.5. The van der Waals surface area contributed by atoms with E-state index >= 15 is 0 Å². The summed E-state index contributed by atoms with van der Waals surface area (Å²) in [6.07, 6.45) is 2.05. The van der Waals surface area contributed by atoms with Crippen LogP contribution >= 0.6 is 0 Å². The molecule has 0 aliphatic heterocycles. The summed E-state index contributed by atoms with van der Waals surface area (Å²) in [5.74, 6) is -1.39. The van der Waals surface area contributed by atoms with E-state index in [1.54, 1.807) is 4.57 Å². The van der Waals surface area contributed by atoms with Crippen molar-refractivity contribution in [2.45, 2.75) is 19.0 Å². The summed E-state index contributed by atoms with van der Waals surface area (Å²) in [4.78, 5) is 23.1. The van der Waals surface area contributed by atoms with Crippen LogP contribution in [0.2, 0.25) is 0 Å². The Labute approximate surface area is 122 Å². The van der Waals surface area contributed by atoms with E-state index in [4.69, 9.17) is 9.84 Å². The van der Waals surface area contributed by atoms with Crippen LogP contribution in [-0.2, 0) is 20.9 Å². The molecule has 2 aromatic rings. The van der Waals surface area contributed by atoms with E-state index in [1.165, 1.54) is 7.11 Å². The van der Waals surface area contributed by atoms with Crippen LogP contribution in [0.4, 0.5) is 0 Å². The third kappa shape index (κ3) is 3.82. The fraction of sp³-hybridized carbons (Fsp3) is 0.333. The maximum atomic E-state index is 12.0. The van der Waals surface area contributed by atoms with Gasteiger partial charge in [-0.05, 0) is 17.5 Å². The monoisotopic (exact) mass is 290 g/mol. The van der Waals surface area contributed by atoms with E-state index in [9.17, 15) is 9.59 Å². The van der Waals surface area contributed by atoms with E-state index in [2.05, 4.69) is 5.32 Å². The number of carboxylic acid groups (broad SMARTS) is 1. The zero-order valence-electron chi connectivity index (χ0n) is 11.8. The molecule has 0 fully saturated rings. The zero-order chi connectivity index (χ0) is 15.2. The molecule has 2 N–H and O–H groups in total. The van der Waals surface area contributed by atoms with Crippen LogP contribution in [0.25, 0.3) is 10.9 Å². The number of carbonyl (C=O) groups is 2. The Morgan fingerprint density at radius 2 is 2.10 bits per heavy atom. The van der Waals surface area contributed by atoms with Crippen LogP contribution in [0.5, 0.6) is 0 Å². The van der Waals surface area contributed by atoms with Crippen LogP contribution in [0, 0.1) is 0 Å². The lowest BCUT2D eigenvalue weighted by atomic mass is 10.2. The lowest BCUT2D eigenvalue weighted by Gasteiger charge is -2.14. The van der Waals surface area contributed by atoms with Gasteiger partial charge in [0.2, 0.25) is 5.91 Å². The molecule has 0 saturated carbocycles. The van der Waals surface area contributed by atoms with Gasteiger partial charge in [0.05, 0.1) is 0 Å². The highest BCUT2D eigenvalue weighted by molar-refractivity contribution is 5.86. The molecule has 6 nitrogen and oxygen atoms in total. The van der Waals surface area contributed by atoms with Crippen molar-refractivity contribution in [1.82, 2.24) is 9.88 Å². The molecule has 1 unspecified atom stereocenters. The first-order chi connectivity index (χ1) is 10.1. The number of fused-ring (bicyclic) bond motifs is 1. The molecule has 2 rings (SSSR count). The van der Waals surface area contributed by atoms with Gasteiger partial charge in [-0.1, -0.05) is 18.2 Å². The number of hydrogen-bond acceptors (Lipinski definition) is 3. The molecule has 0 radical (unpaired) electrons. The highest BCUT2D eigenvalue weighted by Crippen LogP contribution is 2.14. The Balaban J connectivity index is 2.02. The van der Waals surface area contributed by atoms with Crippen molar-refractivity contribution in [2.24, 2.45) is 0 Å². The Bertz CT molecular complexity index is 635. The highest BCUT2D eigenvalue weighted by Gasteiger charge is 2.19. The minimum Gasteiger partial charge on any atom is -0.480 e. The maximum absolute atomic E-state index is 12.0. The third-order valence-corrected chi connectivity index (χ3v) is 3.24. The van der Waals surface area contributed by atoms with Crippen molar-refractivity contribution in [3.8, 4) is 0 Å². The molecule has 0 bridgehead atoms. The lowest BCUT2D eigenvalue weighted by molar-refractivity contribution is -0.142. The van der Waals surface area contributed by atoms with Crippen LogP contribution in [0.3, 0.4) is 0 Å². The minimum absolute atomic E-state index is 0.0876. The predicted octanol–water partition coefficient (Wildman–Crippen LogP) is 1.25. The first-order valence-corrected chi connectivity index (χ1v) is 6.67. The average molecular weight is 290 g/mol. The molecule has 6 heteroatoms. The van der Waals surface area contributed by atoms with Crippen molar-refractivity contribution >= 4 is 22.8 Å². The Hall–Kier alpha value is -2.34. The fourth-order valence-electron chi connectivity index (χ4n) is 2.17. The summed E-state index contributed by atoms with van der Waals surface area (Å²) in [6, 6.07) is 8.69. The van der Waals surface area contributed by atoms with Gasteiger partial charge in [0, 0.05) is 31.9 Å². The molecule has 112 valence electrons. The first-order valence-electron chi connectivity index (χ1n) is 6.67. The first kappa shape index (κ1) is 15.1. The number of aromatic nitrogens is 1. The van der Waals surface area contributed by atoms with Gasteiger partial charge in [-0.2, -0.15) is 0 Å². The lowest BCUT2D eigenvalue weighted by Crippen LogP contribution is -2.42. The summed E-state index contributed by atoms with van der Waals surface area (Å²) in [6.45, 7) is 0.369. The number of carbonyl (C=O) groups excluding carboxylic acids is 1. The van der Waals surface area contributed by atoms with Gasteiger partial charge in [-0.3, -0.25) is 4.79 Å². The van der Waals surface area contributed by atoms with Crippen molar-refractivity contribution in [2.75, 3.05) is 13.7 Å². The molecule has 1 heterocycles. The number of benzene rings is 1. The third-order valence-electron chi connectivity index (χ3n) is 3.24. The Morgan fingerprint density at radius 1 is 1.33 bits per heavy atom. The number of hydrogen-bond donors (Lipinski definition) is 2. The van der Waals surface area contributed by atoms with Gasteiger partial charge in [-0.15, -0.1) is 0 Å². The normalized spacial score (nSPS) is 12.2. The number of amides is 1. The molecule has 0 spiro atoms. The molecule has 1 aromatic heterocycles. The van der Waals surface area contributed by atoms with Crippen LogP contribution in [0.15, 0.2) is 36.5 Å². The SMILES string of the molecule is COCCC(NC(=O)Cn1ccc2ccccc21)C(=O)O. The summed E-state index contributed by atoms with van der Waals surface area (Å²) in [5, 5.41) is 12.6. The predicted molar refractivity (Wildman–Crippen MR) is 78.0 cm³/mol. The fourth-order valence-corrected chi connectivity index (χ4v) is 2.17. The van der Waals surface area contributed by atoms with Crippen molar-refractivity contribution in [1.29, 1.82) is 0 Å². The van der Waals surface area contributed by atoms with E-state index in [0.717, 1.165) is 10.9 Å². The number of nitrogens with zero attached hydrogens (tertiary/aromatic N) is 1. The standard InChI is InChI=1S/C15H18N2O4/c1-21-9-7-12(15(19)20)16-14(18)10-17-8-6-11-4-2-3-5-13(11)17/h2-6,8,12H,7,9-10H2,1H3,(H,16,18)(H,19,20). The quantitative estimate of drug-likeness (QED) is 0.804. The van der Waals surface area contributed by atoms with Gasteiger partial charge in [0.15, 0.2) is 0 Å². The van der Waals surface area contributed by atoms with Gasteiger partial charge in [0.1, 0.15) is 12.6 Å². The number of carboxylic acids is 1. The largest absolute Gasteiger partial charge is 0.480 e. The van der Waals surface area contributed by atoms with E-state index in [0.29, 0.717) is 0 Å². The molecule has 1 atom stereocenters. The number of para-hydroxylation sites is 1. The van der Waals surface area contributed by atoms with Crippen LogP contribution in [0.1, 0.15) is 6.42 Å². The van der Waals surface area contributed by atoms with Gasteiger partial charge < -0.3 is 19.7 Å². The van der Waals surface area contributed by atoms with Crippen LogP contribution in [-0.4, -0.2) is 41.3 Å². The second kappa shape index (κ2) is 6.90. The number of methoxy groups -OCH3 is 1. The van der Waals surface area contributed by atoms with E-state index < -0.39 is 12.0 Å². The molecule has 1 amide bonds. The molecule has 0 saturated heterocycles. The molecular formula is C15H18N2O4. The van der Waals surface area contributed by atoms with Crippen molar-refractivity contribution < 1.29 is 19.4 Å². The Morgan fingerprint density at radius 3 is 2.81 bits per heavy atom. The number of aliphatic carboxylic acids is 1. The van der Waals surface area contributed by atoms with Crippen molar-refractivity contribution in [3.05, 3.63) is 36.5 Å². The van der Waals surface area contributed by atoms with Gasteiger partial charge in [0.25, 0.3) is 0 Å². The summed E-state index contributed by atoms with van der Waals surface area (Å²) >= 11 is 0. The smallest absolute Gasteiger partial charge is 0.326 e. The minimum atomic E-state index is -1.06. The summed E-state index contributed by atoms with van der Waals surface area (Å²) in [5.41, 5.74) is 0.941. The number of rotatable bonds is 7. The molecule has 0 aliphatic rings. The topological polar surface area (TPSA) is 80.6 Å². The number of ether oxygens (including phenoxy) is 1. The molecule has 0 aliphatic carbocycles. The summed E-state index contributed by atoms with van der Waals surface area (Å²) in [7, 11) is 1.49. The summed E-state index contributed by atoms with van der Waals surface area (Å²) < 4.78 is 6.64. The maximum Gasteiger partial charge on any atom is 0.326 e. The van der Waals surface area contributed by atoms with Crippen LogP contribution < -0.4 is 5.32 Å². The van der Waals surface area contributed by atoms with Gasteiger partial charge >= 0.3 is 5.97 Å². The molecule has 1 aromatic carbocycles. The molecular weight excluding hydrogens is 272 g/mol. The second-order valence-electron chi connectivity index (χ2n) is 4.74. The second-order valence-corrected chi connectivity index (χ2v) is 4.74. The van der Waals surface area contributed by atoms with Gasteiger partial charge in [-0.25, -0.2) is 4.79 Å². The average Bonchev–Trinajstić information content (AvgIpc) is 2.86. The van der Waals surface area contributed by atoms with E-state index in [1.807, 2.05) is 36.5 Å². The van der Waals surface area contributed by atoms with Crippen molar-refractivity contribution in [3.63, 3.8) is 0 Å². The Kier molecular flexibility index (Phi) is 4.94. The molecule has 21 heavy (non-hydrogen) atoms.